The standard InChI is InChI=1S/C30H20NS.C18H22GeN.Ir/c1-20-19-31-28(18-25(20)22-10-6-3-7-11-22)24-13-15-30-27(17-24)26-16-23(12-14-29(26)32-30)21-8-4-2-5-9-21;1-19(2,3)15-11-12-18(20-13-15)17-10-6-8-14-7-4-5-9-16(14)17;/h2-12,14-19H,1H3;6,8,11-13H,4-5,7,9H2,1-3H3;/q2*-1;/i1D3;;. The van der Waals surface area contributed by atoms with Gasteiger partial charge in [0, 0.05) is 35.1 Å². The molecule has 53 heavy (non-hydrogen) atoms. The van der Waals surface area contributed by atoms with Gasteiger partial charge in [0.05, 0.1) is 0 Å². The summed E-state index contributed by atoms with van der Waals surface area (Å²) >= 11 is -0.00495. The monoisotopic (exact) mass is 948 g/mol. The van der Waals surface area contributed by atoms with E-state index in [1.165, 1.54) is 74.2 Å². The van der Waals surface area contributed by atoms with Crippen LogP contribution in [0, 0.1) is 19.0 Å². The molecular weight excluding hydrogens is 901 g/mol. The summed E-state index contributed by atoms with van der Waals surface area (Å²) in [7, 11) is 0. The Kier molecular flexibility index (Phi) is 10.1. The van der Waals surface area contributed by atoms with Gasteiger partial charge in [0.25, 0.3) is 0 Å². The number of thiophene rings is 1. The third kappa shape index (κ3) is 8.03. The molecule has 3 aromatic heterocycles. The van der Waals surface area contributed by atoms with Crippen molar-refractivity contribution in [2.24, 2.45) is 0 Å². The van der Waals surface area contributed by atoms with Crippen LogP contribution in [-0.2, 0) is 32.9 Å². The largest absolute Gasteiger partial charge is 0 e. The van der Waals surface area contributed by atoms with Crippen molar-refractivity contribution in [3.05, 3.63) is 163 Å². The molecule has 0 fully saturated rings. The van der Waals surface area contributed by atoms with Crippen LogP contribution in [0.15, 0.2) is 134 Å². The first-order chi connectivity index (χ1) is 26.5. The van der Waals surface area contributed by atoms with E-state index in [-0.39, 0.29) is 25.7 Å². The first-order valence-electron chi connectivity index (χ1n) is 19.5. The second-order valence-corrected chi connectivity index (χ2v) is 26.3. The molecule has 5 heteroatoms. The first kappa shape index (κ1) is 33.4. The summed E-state index contributed by atoms with van der Waals surface area (Å²) in [5.74, 6) is 7.23. The Morgan fingerprint density at radius 3 is 2.15 bits per heavy atom. The average Bonchev–Trinajstić information content (AvgIpc) is 3.58. The number of hydrogen-bond acceptors (Lipinski definition) is 3. The van der Waals surface area contributed by atoms with Gasteiger partial charge >= 0.3 is 125 Å². The van der Waals surface area contributed by atoms with Gasteiger partial charge in [-0.05, 0) is 62.6 Å². The normalized spacial score (nSPS) is 13.5. The molecule has 0 aliphatic heterocycles. The molecule has 5 aromatic carbocycles. The summed E-state index contributed by atoms with van der Waals surface area (Å²) in [4.78, 5) is 9.29. The fourth-order valence-corrected chi connectivity index (χ4v) is 10.3. The molecule has 0 atom stereocenters. The van der Waals surface area contributed by atoms with E-state index < -0.39 is 20.1 Å². The van der Waals surface area contributed by atoms with Crippen molar-refractivity contribution in [1.82, 2.24) is 9.97 Å². The van der Waals surface area contributed by atoms with Crippen LogP contribution in [0.5, 0.6) is 0 Å². The van der Waals surface area contributed by atoms with E-state index >= 15 is 0 Å². The van der Waals surface area contributed by atoms with Gasteiger partial charge in [-0.3, -0.25) is 0 Å². The third-order valence-electron chi connectivity index (χ3n) is 9.98. The van der Waals surface area contributed by atoms with E-state index in [9.17, 15) is 0 Å². The van der Waals surface area contributed by atoms with Crippen LogP contribution in [0.2, 0.25) is 17.3 Å². The van der Waals surface area contributed by atoms with Gasteiger partial charge in [-0.25, -0.2) is 0 Å². The summed E-state index contributed by atoms with van der Waals surface area (Å²) in [6.45, 7) is -2.25. The zero-order valence-electron chi connectivity index (χ0n) is 33.2. The maximum atomic E-state index is 7.99. The van der Waals surface area contributed by atoms with Crippen molar-refractivity contribution < 1.29 is 24.2 Å². The van der Waals surface area contributed by atoms with Crippen LogP contribution in [0.3, 0.4) is 0 Å². The smallest absolute Gasteiger partial charge is 0 e. The molecule has 0 saturated carbocycles. The summed E-state index contributed by atoms with van der Waals surface area (Å²) in [5.41, 5.74) is 11.0. The number of aromatic nitrogens is 2. The molecule has 1 radical (unpaired) electrons. The minimum absolute atomic E-state index is 0. The maximum Gasteiger partial charge on any atom is 0 e. The molecule has 8 aromatic rings. The summed E-state index contributed by atoms with van der Waals surface area (Å²) in [6, 6.07) is 48.2. The van der Waals surface area contributed by atoms with Gasteiger partial charge in [0.2, 0.25) is 0 Å². The molecule has 0 bridgehead atoms. The van der Waals surface area contributed by atoms with Crippen LogP contribution in [0.25, 0.3) is 64.9 Å². The second kappa shape index (κ2) is 16.0. The van der Waals surface area contributed by atoms with Crippen molar-refractivity contribution in [1.29, 1.82) is 0 Å². The van der Waals surface area contributed by atoms with Crippen molar-refractivity contribution in [2.75, 3.05) is 0 Å². The molecule has 1 aliphatic carbocycles. The molecule has 0 amide bonds. The van der Waals surface area contributed by atoms with Gasteiger partial charge in [-0.2, -0.15) is 11.3 Å². The van der Waals surface area contributed by atoms with E-state index in [1.54, 1.807) is 11.3 Å². The van der Waals surface area contributed by atoms with Crippen LogP contribution in [-0.4, -0.2) is 23.2 Å². The fourth-order valence-electron chi connectivity index (χ4n) is 7.06. The number of rotatable bonds is 5. The molecule has 0 spiro atoms. The van der Waals surface area contributed by atoms with Crippen LogP contribution in [0.1, 0.15) is 33.6 Å². The number of benzene rings is 5. The Morgan fingerprint density at radius 1 is 0.679 bits per heavy atom. The van der Waals surface area contributed by atoms with E-state index in [1.807, 2.05) is 48.5 Å². The van der Waals surface area contributed by atoms with Gasteiger partial charge in [0.1, 0.15) is 0 Å². The third-order valence-corrected chi connectivity index (χ3v) is 15.4. The number of hydrogen-bond donors (Lipinski definition) is 0. The Labute approximate surface area is 338 Å². The Morgan fingerprint density at radius 2 is 1.42 bits per heavy atom. The van der Waals surface area contributed by atoms with Crippen LogP contribution in [0.4, 0.5) is 0 Å². The van der Waals surface area contributed by atoms with Crippen LogP contribution < -0.4 is 4.40 Å². The van der Waals surface area contributed by atoms with Gasteiger partial charge in [0.15, 0.2) is 0 Å². The SMILES string of the molecule is [2H]C([2H])([2H])c1cnc(-c2[c-]cc3sc4ccc(-c5ccccc5)cc4c3c2)cc1-c1ccccc1.[CH3][Ge]([CH3])([CH3])[c]1ccc(-c2[c-]ccc3c2CCCC3)nc1.[Ir]. The fraction of sp³-hybridized carbons (Fsp3) is 0.167. The van der Waals surface area contributed by atoms with Crippen molar-refractivity contribution in [2.45, 2.75) is 49.8 Å². The Bertz CT molecular complexity index is 2620. The van der Waals surface area contributed by atoms with Gasteiger partial charge < -0.3 is 4.98 Å². The molecule has 9 rings (SSSR count). The molecule has 0 unspecified atom stereocenters. The molecule has 2 nitrogen and oxygen atoms in total. The van der Waals surface area contributed by atoms with E-state index in [0.29, 0.717) is 11.3 Å². The van der Waals surface area contributed by atoms with E-state index in [2.05, 4.69) is 113 Å². The zero-order valence-corrected chi connectivity index (χ0v) is 35.5. The zero-order chi connectivity index (χ0) is 38.2. The van der Waals surface area contributed by atoms with Crippen molar-refractivity contribution in [3.8, 4) is 44.8 Å². The minimum Gasteiger partial charge on any atom is 0 e. The van der Waals surface area contributed by atoms with Crippen LogP contribution >= 0.6 is 11.3 Å². The number of pyridine rings is 2. The molecule has 0 saturated heterocycles. The molecular formula is C48H42GeIrN2S-2. The summed E-state index contributed by atoms with van der Waals surface area (Å²) in [5, 5.41) is 2.35. The topological polar surface area (TPSA) is 25.8 Å². The summed E-state index contributed by atoms with van der Waals surface area (Å²) in [6.07, 6.45) is 8.61. The average molecular weight is 947 g/mol. The molecule has 1 aliphatic rings. The van der Waals surface area contributed by atoms with E-state index in [0.717, 1.165) is 26.9 Å². The number of aryl methyl sites for hydroxylation is 2. The number of nitrogens with zero attached hydrogens (tertiary/aromatic N) is 2. The number of fused-ring (bicyclic) bond motifs is 4. The predicted molar refractivity (Wildman–Crippen MR) is 225 cm³/mol. The van der Waals surface area contributed by atoms with Gasteiger partial charge in [-0.1, -0.05) is 78.2 Å². The second-order valence-electron chi connectivity index (χ2n) is 14.5. The van der Waals surface area contributed by atoms with Gasteiger partial charge in [-0.15, -0.1) is 23.8 Å². The molecule has 0 N–H and O–H groups in total. The quantitative estimate of drug-likeness (QED) is 0.127. The first-order valence-corrected chi connectivity index (χ1v) is 26.2. The predicted octanol–water partition coefficient (Wildman–Crippen LogP) is 12.5. The molecule has 3 heterocycles. The van der Waals surface area contributed by atoms with Crippen molar-refractivity contribution >= 4 is 49.2 Å². The summed E-state index contributed by atoms with van der Waals surface area (Å²) < 4.78 is 27.8. The minimum atomic E-state index is -2.25. The Balaban J connectivity index is 0.000000195. The molecule has 265 valence electrons. The van der Waals surface area contributed by atoms with Crippen molar-refractivity contribution in [3.63, 3.8) is 0 Å². The Hall–Kier alpha value is -4.19. The van der Waals surface area contributed by atoms with E-state index in [4.69, 9.17) is 9.10 Å². The maximum absolute atomic E-state index is 7.99.